The molecule has 0 aromatic heterocycles. The third-order valence-corrected chi connectivity index (χ3v) is 2.33. The predicted octanol–water partition coefficient (Wildman–Crippen LogP) is -0.313. The topological polar surface area (TPSA) is 83.7 Å². The number of rotatable bonds is 3. The quantitative estimate of drug-likeness (QED) is 0.552. The molecule has 0 bridgehead atoms. The van der Waals surface area contributed by atoms with Gasteiger partial charge in [-0.15, -0.1) is 0 Å². The van der Waals surface area contributed by atoms with Crippen molar-refractivity contribution < 1.29 is 27.6 Å². The molecule has 0 aromatic rings. The number of urea groups is 1. The Morgan fingerprint density at radius 1 is 1.24 bits per heavy atom. The van der Waals surface area contributed by atoms with Gasteiger partial charge < -0.3 is 5.73 Å². The molecule has 2 N–H and O–H groups in total. The third-order valence-electron chi connectivity index (χ3n) is 2.33. The number of nitrogens with two attached hydrogens (primary N) is 1. The van der Waals surface area contributed by atoms with E-state index in [1.165, 1.54) is 0 Å². The van der Waals surface area contributed by atoms with Crippen LogP contribution in [0.5, 0.6) is 0 Å². The Balaban J connectivity index is 3.08. The molecule has 1 aliphatic rings. The maximum Gasteiger partial charge on any atom is 0.409 e. The third kappa shape index (κ3) is 2.23. The first kappa shape index (κ1) is 13.4. The molecule has 1 saturated heterocycles. The van der Waals surface area contributed by atoms with E-state index in [1.54, 1.807) is 0 Å². The minimum absolute atomic E-state index is 0.0881. The zero-order valence-corrected chi connectivity index (χ0v) is 8.82. The van der Waals surface area contributed by atoms with E-state index in [2.05, 4.69) is 0 Å². The van der Waals surface area contributed by atoms with Crippen LogP contribution < -0.4 is 5.73 Å². The summed E-state index contributed by atoms with van der Waals surface area (Å²) < 4.78 is 37.9. The van der Waals surface area contributed by atoms with E-state index in [-0.39, 0.29) is 11.4 Å². The van der Waals surface area contributed by atoms with Gasteiger partial charge in [-0.25, -0.2) is 9.69 Å². The van der Waals surface area contributed by atoms with Crippen molar-refractivity contribution in [1.82, 2.24) is 9.80 Å². The first-order valence-electron chi connectivity index (χ1n) is 4.63. The van der Waals surface area contributed by atoms with Crippen LogP contribution in [0.15, 0.2) is 0 Å². The number of halogens is 3. The number of carbonyl (C=O) groups excluding carboxylic acids is 3. The molecule has 1 heterocycles. The van der Waals surface area contributed by atoms with Crippen molar-refractivity contribution in [3.8, 4) is 0 Å². The molecule has 96 valence electrons. The molecule has 1 aliphatic heterocycles. The van der Waals surface area contributed by atoms with Crippen LogP contribution >= 0.6 is 0 Å². The minimum atomic E-state index is -4.81. The number of imide groups is 2. The van der Waals surface area contributed by atoms with Gasteiger partial charge >= 0.3 is 24.0 Å². The summed E-state index contributed by atoms with van der Waals surface area (Å²) in [6.45, 7) is -0.362. The largest absolute Gasteiger partial charge is 0.409 e. The van der Waals surface area contributed by atoms with E-state index >= 15 is 0 Å². The lowest BCUT2D eigenvalue weighted by Crippen LogP contribution is -2.50. The number of carbonyl (C=O) groups is 3. The lowest BCUT2D eigenvalue weighted by Gasteiger charge is -2.26. The Bertz CT molecular complexity index is 369. The SMILES string of the molecule is CN1C(=O)C(=O)N(C(CCN)C(F)(F)F)C1=O. The number of likely N-dealkylation sites (N-methyl/N-ethyl adjacent to an activating group) is 1. The van der Waals surface area contributed by atoms with Gasteiger partial charge in [0.25, 0.3) is 0 Å². The molecule has 0 spiro atoms. The Hall–Kier alpha value is -1.64. The summed E-state index contributed by atoms with van der Waals surface area (Å²) in [5.41, 5.74) is 5.01. The molecule has 17 heavy (non-hydrogen) atoms. The van der Waals surface area contributed by atoms with E-state index in [0.717, 1.165) is 7.05 Å². The summed E-state index contributed by atoms with van der Waals surface area (Å²) in [6, 6.07) is -3.64. The first-order chi connectivity index (χ1) is 7.71. The van der Waals surface area contributed by atoms with Crippen LogP contribution in [0.2, 0.25) is 0 Å². The maximum absolute atomic E-state index is 12.6. The molecule has 1 unspecified atom stereocenters. The highest BCUT2D eigenvalue weighted by Gasteiger charge is 2.54. The van der Waals surface area contributed by atoms with E-state index in [9.17, 15) is 27.6 Å². The number of alkyl halides is 3. The fourth-order valence-electron chi connectivity index (χ4n) is 1.45. The number of amides is 4. The molecule has 1 fully saturated rings. The Labute approximate surface area is 94.1 Å². The zero-order valence-electron chi connectivity index (χ0n) is 8.82. The average Bonchev–Trinajstić information content (AvgIpc) is 2.40. The van der Waals surface area contributed by atoms with E-state index in [4.69, 9.17) is 5.73 Å². The highest BCUT2D eigenvalue weighted by atomic mass is 19.4. The molecule has 1 atom stereocenters. The second-order valence-electron chi connectivity index (χ2n) is 3.46. The first-order valence-corrected chi connectivity index (χ1v) is 4.63. The van der Waals surface area contributed by atoms with Gasteiger partial charge in [0, 0.05) is 7.05 Å². The van der Waals surface area contributed by atoms with Crippen molar-refractivity contribution in [2.45, 2.75) is 18.6 Å². The van der Waals surface area contributed by atoms with Gasteiger partial charge in [-0.05, 0) is 13.0 Å². The maximum atomic E-state index is 12.6. The Morgan fingerprint density at radius 3 is 2.06 bits per heavy atom. The van der Waals surface area contributed by atoms with Gasteiger partial charge in [-0.3, -0.25) is 14.5 Å². The van der Waals surface area contributed by atoms with Crippen molar-refractivity contribution in [2.24, 2.45) is 5.73 Å². The van der Waals surface area contributed by atoms with Crippen LogP contribution in [0.25, 0.3) is 0 Å². The second-order valence-corrected chi connectivity index (χ2v) is 3.46. The molecule has 0 aromatic carbocycles. The molecular weight excluding hydrogens is 243 g/mol. The zero-order chi connectivity index (χ0) is 13.4. The summed E-state index contributed by atoms with van der Waals surface area (Å²) in [4.78, 5) is 34.0. The summed E-state index contributed by atoms with van der Waals surface area (Å²) >= 11 is 0. The predicted molar refractivity (Wildman–Crippen MR) is 48.5 cm³/mol. The van der Waals surface area contributed by atoms with Crippen molar-refractivity contribution in [2.75, 3.05) is 13.6 Å². The lowest BCUT2D eigenvalue weighted by molar-refractivity contribution is -0.181. The molecule has 1 rings (SSSR count). The van der Waals surface area contributed by atoms with Crippen LogP contribution in [-0.4, -0.2) is 53.5 Å². The van der Waals surface area contributed by atoms with Crippen molar-refractivity contribution in [3.05, 3.63) is 0 Å². The molecular formula is C8H10F3N3O3. The highest BCUT2D eigenvalue weighted by Crippen LogP contribution is 2.29. The average molecular weight is 253 g/mol. The molecule has 9 heteroatoms. The van der Waals surface area contributed by atoms with Crippen LogP contribution in [0.4, 0.5) is 18.0 Å². The molecule has 0 aliphatic carbocycles. The highest BCUT2D eigenvalue weighted by molar-refractivity contribution is 6.44. The van der Waals surface area contributed by atoms with Crippen LogP contribution in [0.1, 0.15) is 6.42 Å². The molecule has 0 radical (unpaired) electrons. The van der Waals surface area contributed by atoms with Gasteiger partial charge in [-0.2, -0.15) is 13.2 Å². The second kappa shape index (κ2) is 4.32. The fraction of sp³-hybridized carbons (Fsp3) is 0.625. The molecule has 4 amide bonds. The molecule has 0 saturated carbocycles. The number of hydrogen-bond acceptors (Lipinski definition) is 4. The number of nitrogens with zero attached hydrogens (tertiary/aromatic N) is 2. The molecule has 6 nitrogen and oxygen atoms in total. The van der Waals surface area contributed by atoms with Gasteiger partial charge in [0.15, 0.2) is 0 Å². The van der Waals surface area contributed by atoms with E-state index in [0.29, 0.717) is 4.90 Å². The van der Waals surface area contributed by atoms with E-state index in [1.807, 2.05) is 0 Å². The van der Waals surface area contributed by atoms with Crippen LogP contribution in [0, 0.1) is 0 Å². The van der Waals surface area contributed by atoms with Gasteiger partial charge in [0.2, 0.25) is 0 Å². The van der Waals surface area contributed by atoms with Crippen molar-refractivity contribution in [3.63, 3.8) is 0 Å². The summed E-state index contributed by atoms with van der Waals surface area (Å²) in [6.07, 6.45) is -5.45. The number of hydrogen-bond donors (Lipinski definition) is 1. The summed E-state index contributed by atoms with van der Waals surface area (Å²) in [5.74, 6) is -2.76. The Kier molecular flexibility index (Phi) is 3.41. The normalized spacial score (nSPS) is 19.2. The van der Waals surface area contributed by atoms with Crippen molar-refractivity contribution in [1.29, 1.82) is 0 Å². The Morgan fingerprint density at radius 2 is 1.76 bits per heavy atom. The van der Waals surface area contributed by atoms with Crippen LogP contribution in [-0.2, 0) is 9.59 Å². The lowest BCUT2D eigenvalue weighted by atomic mass is 10.1. The summed E-state index contributed by atoms with van der Waals surface area (Å²) in [5, 5.41) is 0. The summed E-state index contributed by atoms with van der Waals surface area (Å²) in [7, 11) is 0.943. The van der Waals surface area contributed by atoms with Crippen molar-refractivity contribution >= 4 is 17.8 Å². The van der Waals surface area contributed by atoms with E-state index < -0.39 is 36.5 Å². The van der Waals surface area contributed by atoms with Crippen LogP contribution in [0.3, 0.4) is 0 Å². The smallest absolute Gasteiger partial charge is 0.330 e. The fourth-order valence-corrected chi connectivity index (χ4v) is 1.45. The monoisotopic (exact) mass is 253 g/mol. The standard InChI is InChI=1S/C8H10F3N3O3/c1-13-5(15)6(16)14(7(13)17)4(2-3-12)8(9,10)11/h4H,2-3,12H2,1H3. The van der Waals surface area contributed by atoms with Gasteiger partial charge in [0.1, 0.15) is 6.04 Å². The van der Waals surface area contributed by atoms with Gasteiger partial charge in [-0.1, -0.05) is 0 Å². The minimum Gasteiger partial charge on any atom is -0.330 e. The van der Waals surface area contributed by atoms with Gasteiger partial charge in [0.05, 0.1) is 0 Å².